The molecule has 0 saturated carbocycles. The Bertz CT molecular complexity index is 1220. The highest BCUT2D eigenvalue weighted by Gasteiger charge is 2.41. The van der Waals surface area contributed by atoms with Crippen LogP contribution in [0.3, 0.4) is 0 Å². The third-order valence-electron chi connectivity index (χ3n) is 7.61. The van der Waals surface area contributed by atoms with E-state index in [-0.39, 0.29) is 12.6 Å². The number of halogens is 1. The fraction of sp³-hybridized carbons (Fsp3) is 0.552. The summed E-state index contributed by atoms with van der Waals surface area (Å²) in [6.07, 6.45) is 1.98. The predicted molar refractivity (Wildman–Crippen MR) is 145 cm³/mol. The van der Waals surface area contributed by atoms with Crippen molar-refractivity contribution >= 4 is 16.1 Å². The van der Waals surface area contributed by atoms with Crippen molar-refractivity contribution < 1.29 is 27.1 Å². The fourth-order valence-corrected chi connectivity index (χ4v) is 7.60. The lowest BCUT2D eigenvalue weighted by molar-refractivity contribution is 0.0372. The molecule has 2 fully saturated rings. The summed E-state index contributed by atoms with van der Waals surface area (Å²) in [4.78, 5) is 12.3. The van der Waals surface area contributed by atoms with E-state index in [0.29, 0.717) is 51.0 Å². The number of amides is 1. The molecule has 1 N–H and O–H groups in total. The van der Waals surface area contributed by atoms with Gasteiger partial charge in [0.15, 0.2) is 0 Å². The minimum absolute atomic E-state index is 0.0226. The molecule has 2 aliphatic rings. The zero-order valence-electron chi connectivity index (χ0n) is 22.7. The zero-order chi connectivity index (χ0) is 27.6. The van der Waals surface area contributed by atoms with Crippen molar-refractivity contribution in [1.29, 1.82) is 0 Å². The molecule has 2 saturated heterocycles. The number of carbonyl (C=O) groups is 1. The molecule has 0 bridgehead atoms. The van der Waals surface area contributed by atoms with Gasteiger partial charge in [-0.15, -0.1) is 0 Å². The first-order chi connectivity index (χ1) is 17.9. The van der Waals surface area contributed by atoms with E-state index in [0.717, 1.165) is 11.1 Å². The molecule has 2 aliphatic heterocycles. The minimum atomic E-state index is -3.67. The lowest BCUT2D eigenvalue weighted by atomic mass is 9.74. The van der Waals surface area contributed by atoms with Crippen molar-refractivity contribution in [3.63, 3.8) is 0 Å². The summed E-state index contributed by atoms with van der Waals surface area (Å²) < 4.78 is 55.2. The van der Waals surface area contributed by atoms with Crippen molar-refractivity contribution in [2.24, 2.45) is 0 Å². The first kappa shape index (κ1) is 28.5. The van der Waals surface area contributed by atoms with E-state index >= 15 is 4.39 Å². The van der Waals surface area contributed by atoms with Crippen molar-refractivity contribution in [3.05, 3.63) is 71.0 Å². The fourth-order valence-electron chi connectivity index (χ4n) is 5.41. The Balaban J connectivity index is 1.55. The summed E-state index contributed by atoms with van der Waals surface area (Å²) >= 11 is 0. The van der Waals surface area contributed by atoms with Crippen LogP contribution in [-0.4, -0.2) is 50.2 Å². The topological polar surface area (TPSA) is 84.9 Å². The van der Waals surface area contributed by atoms with Gasteiger partial charge in [0.1, 0.15) is 16.7 Å². The number of nitrogens with one attached hydrogen (secondary N) is 1. The molecule has 2 aromatic carbocycles. The van der Waals surface area contributed by atoms with Crippen LogP contribution in [0.2, 0.25) is 0 Å². The van der Waals surface area contributed by atoms with E-state index in [4.69, 9.17) is 9.47 Å². The summed E-state index contributed by atoms with van der Waals surface area (Å²) in [6.45, 7) is 8.56. The molecule has 7 nitrogen and oxygen atoms in total. The van der Waals surface area contributed by atoms with Crippen LogP contribution in [-0.2, 0) is 31.5 Å². The Morgan fingerprint density at radius 3 is 2.45 bits per heavy atom. The summed E-state index contributed by atoms with van der Waals surface area (Å²) in [5, 5.41) is 2.23. The van der Waals surface area contributed by atoms with Gasteiger partial charge in [0.05, 0.1) is 0 Å². The third-order valence-corrected chi connectivity index (χ3v) is 9.98. The van der Waals surface area contributed by atoms with Gasteiger partial charge in [0.2, 0.25) is 10.0 Å². The first-order valence-corrected chi connectivity index (χ1v) is 14.8. The molecule has 0 radical (unpaired) electrons. The highest BCUT2D eigenvalue weighted by molar-refractivity contribution is 7.89. The van der Waals surface area contributed by atoms with Crippen molar-refractivity contribution in [2.75, 3.05) is 19.8 Å². The van der Waals surface area contributed by atoms with E-state index in [1.165, 1.54) is 10.4 Å². The molecular weight excluding hydrogens is 507 g/mol. The molecule has 0 unspecified atom stereocenters. The van der Waals surface area contributed by atoms with E-state index in [2.05, 4.69) is 5.32 Å². The van der Waals surface area contributed by atoms with Crippen LogP contribution in [0.25, 0.3) is 0 Å². The SMILES string of the molecule is C[C@H]1CC[C@H](c2ccccc2)S(=O)(=O)N1Cc1ccc(C2(CNC(=O)OC(C)(C)C)CCOCC2)cc1F. The monoisotopic (exact) mass is 546 g/mol. The molecule has 38 heavy (non-hydrogen) atoms. The number of nitrogens with zero attached hydrogens (tertiary/aromatic N) is 1. The molecule has 208 valence electrons. The summed E-state index contributed by atoms with van der Waals surface area (Å²) in [6, 6.07) is 14.0. The van der Waals surface area contributed by atoms with Crippen molar-refractivity contribution in [2.45, 2.75) is 82.2 Å². The molecule has 0 spiro atoms. The highest BCUT2D eigenvalue weighted by Crippen LogP contribution is 2.39. The molecule has 4 rings (SSSR count). The van der Waals surface area contributed by atoms with Gasteiger partial charge >= 0.3 is 6.09 Å². The largest absolute Gasteiger partial charge is 0.444 e. The van der Waals surface area contributed by atoms with Crippen LogP contribution in [0.1, 0.15) is 75.3 Å². The van der Waals surface area contributed by atoms with Crippen molar-refractivity contribution in [3.8, 4) is 0 Å². The van der Waals surface area contributed by atoms with Crippen LogP contribution < -0.4 is 5.32 Å². The van der Waals surface area contributed by atoms with Gasteiger partial charge in [-0.05, 0) is 70.6 Å². The number of ether oxygens (including phenoxy) is 2. The quantitative estimate of drug-likeness (QED) is 0.521. The first-order valence-electron chi connectivity index (χ1n) is 13.3. The predicted octanol–water partition coefficient (Wildman–Crippen LogP) is 5.45. The summed E-state index contributed by atoms with van der Waals surface area (Å²) in [7, 11) is -3.67. The summed E-state index contributed by atoms with van der Waals surface area (Å²) in [5.41, 5.74) is 0.734. The third kappa shape index (κ3) is 6.38. The average Bonchev–Trinajstić information content (AvgIpc) is 2.86. The van der Waals surface area contributed by atoms with Gasteiger partial charge in [-0.2, -0.15) is 4.31 Å². The molecule has 2 heterocycles. The molecule has 0 aliphatic carbocycles. The van der Waals surface area contributed by atoms with Crippen LogP contribution in [0.4, 0.5) is 9.18 Å². The standard InChI is InChI=1S/C29H39FN2O5S/c1-21-10-13-26(22-8-6-5-7-9-22)38(34,35)32(21)19-23-11-12-24(18-25(23)30)29(14-16-36-17-15-29)20-31-27(33)37-28(2,3)4/h5-9,11-12,18,21,26H,10,13-17,19-20H2,1-4H3,(H,31,33)/t21-,26+/m0/s1. The van der Waals surface area contributed by atoms with Crippen LogP contribution >= 0.6 is 0 Å². The van der Waals surface area contributed by atoms with E-state index in [9.17, 15) is 13.2 Å². The van der Waals surface area contributed by atoms with Gasteiger partial charge in [-0.25, -0.2) is 17.6 Å². The Kier molecular flexibility index (Phi) is 8.49. The molecule has 2 aromatic rings. The van der Waals surface area contributed by atoms with Gasteiger partial charge in [0, 0.05) is 43.3 Å². The van der Waals surface area contributed by atoms with Crippen LogP contribution in [0.15, 0.2) is 48.5 Å². The molecule has 1 amide bonds. The van der Waals surface area contributed by atoms with E-state index in [1.54, 1.807) is 26.8 Å². The lowest BCUT2D eigenvalue weighted by Gasteiger charge is -2.39. The average molecular weight is 547 g/mol. The second-order valence-corrected chi connectivity index (χ2v) is 13.5. The molecule has 2 atom stereocenters. The van der Waals surface area contributed by atoms with Gasteiger partial charge < -0.3 is 14.8 Å². The maximum absolute atomic E-state index is 15.6. The number of hydrogen-bond acceptors (Lipinski definition) is 5. The molecule has 0 aromatic heterocycles. The normalized spacial score (nSPS) is 23.5. The lowest BCUT2D eigenvalue weighted by Crippen LogP contribution is -2.46. The number of benzene rings is 2. The van der Waals surface area contributed by atoms with Crippen LogP contribution in [0, 0.1) is 5.82 Å². The minimum Gasteiger partial charge on any atom is -0.444 e. The second-order valence-electron chi connectivity index (χ2n) is 11.5. The molecule has 9 heteroatoms. The van der Waals surface area contributed by atoms with Gasteiger partial charge in [0.25, 0.3) is 0 Å². The smallest absolute Gasteiger partial charge is 0.407 e. The number of rotatable bonds is 6. The second kappa shape index (κ2) is 11.3. The molecular formula is C29H39FN2O5S. The summed E-state index contributed by atoms with van der Waals surface area (Å²) in [5.74, 6) is -0.449. The zero-order valence-corrected chi connectivity index (χ0v) is 23.5. The van der Waals surface area contributed by atoms with Crippen molar-refractivity contribution in [1.82, 2.24) is 9.62 Å². The Morgan fingerprint density at radius 1 is 1.13 bits per heavy atom. The highest BCUT2D eigenvalue weighted by atomic mass is 32.2. The number of alkyl carbamates (subject to hydrolysis) is 1. The van der Waals surface area contributed by atoms with Gasteiger partial charge in [-0.3, -0.25) is 0 Å². The van der Waals surface area contributed by atoms with Crippen LogP contribution in [0.5, 0.6) is 0 Å². The van der Waals surface area contributed by atoms with E-state index in [1.807, 2.05) is 43.3 Å². The van der Waals surface area contributed by atoms with Gasteiger partial charge in [-0.1, -0.05) is 42.5 Å². The number of hydrogen-bond donors (Lipinski definition) is 1. The maximum Gasteiger partial charge on any atom is 0.407 e. The Labute approximate surface area is 225 Å². The number of sulfonamides is 1. The Morgan fingerprint density at radius 2 is 1.82 bits per heavy atom. The maximum atomic E-state index is 15.6. The Hall–Kier alpha value is -2.49. The number of carbonyl (C=O) groups excluding carboxylic acids is 1. The van der Waals surface area contributed by atoms with E-state index < -0.39 is 38.2 Å².